The Morgan fingerprint density at radius 1 is 1.00 bits per heavy atom. The zero-order chi connectivity index (χ0) is 20.5. The van der Waals surface area contributed by atoms with Crippen LogP contribution in [0.5, 0.6) is 11.5 Å². The van der Waals surface area contributed by atoms with E-state index in [1.807, 2.05) is 6.92 Å². The lowest BCUT2D eigenvalue weighted by molar-refractivity contribution is 0.142. The Labute approximate surface area is 176 Å². The summed E-state index contributed by atoms with van der Waals surface area (Å²) in [5, 5.41) is 0. The lowest BCUT2D eigenvalue weighted by atomic mass is 9.97. The molecule has 0 spiro atoms. The molecule has 1 atom stereocenters. The van der Waals surface area contributed by atoms with Gasteiger partial charge in [-0.15, -0.1) is 0 Å². The van der Waals surface area contributed by atoms with Crippen LogP contribution in [0.3, 0.4) is 0 Å². The van der Waals surface area contributed by atoms with Crippen LogP contribution in [-0.2, 0) is 13.0 Å². The fourth-order valence-electron chi connectivity index (χ4n) is 4.26. The highest BCUT2D eigenvalue weighted by molar-refractivity contribution is 5.28. The van der Waals surface area contributed by atoms with E-state index in [-0.39, 0.29) is 0 Å². The Bertz CT molecular complexity index is 715. The van der Waals surface area contributed by atoms with Crippen molar-refractivity contribution in [3.8, 4) is 11.5 Å². The normalized spacial score (nSPS) is 17.4. The lowest BCUT2D eigenvalue weighted by Gasteiger charge is -2.34. The van der Waals surface area contributed by atoms with Gasteiger partial charge in [0, 0.05) is 26.2 Å². The maximum atomic E-state index is 5.54. The third kappa shape index (κ3) is 7.06. The molecule has 158 valence electrons. The van der Waals surface area contributed by atoms with E-state index in [2.05, 4.69) is 65.4 Å². The number of hydrogen-bond acceptors (Lipinski definition) is 4. The predicted octanol–water partition coefficient (Wildman–Crippen LogP) is 4.48. The molecule has 0 radical (unpaired) electrons. The molecule has 0 N–H and O–H groups in total. The van der Waals surface area contributed by atoms with Gasteiger partial charge in [-0.2, -0.15) is 0 Å². The minimum absolute atomic E-state index is 0.718. The molecule has 0 bridgehead atoms. The molecule has 1 saturated heterocycles. The summed E-state index contributed by atoms with van der Waals surface area (Å²) in [7, 11) is 3.96. The SMILES string of the molecule is CCOc1ccc(CN(C)C[C@H]2CCCN(CCc3ccc(OC)cc3)C2)cc1. The van der Waals surface area contributed by atoms with E-state index < -0.39 is 0 Å². The first-order valence-corrected chi connectivity index (χ1v) is 10.9. The molecule has 2 aromatic carbocycles. The zero-order valence-corrected chi connectivity index (χ0v) is 18.3. The summed E-state index contributed by atoms with van der Waals surface area (Å²) in [4.78, 5) is 5.11. The Morgan fingerprint density at radius 3 is 2.38 bits per heavy atom. The average molecular weight is 397 g/mol. The number of benzene rings is 2. The highest BCUT2D eigenvalue weighted by Gasteiger charge is 2.21. The van der Waals surface area contributed by atoms with Crippen LogP contribution in [0.4, 0.5) is 0 Å². The van der Waals surface area contributed by atoms with E-state index in [9.17, 15) is 0 Å². The Kier molecular flexibility index (Phi) is 8.38. The summed E-state index contributed by atoms with van der Waals surface area (Å²) < 4.78 is 10.8. The predicted molar refractivity (Wildman–Crippen MR) is 120 cm³/mol. The van der Waals surface area contributed by atoms with E-state index in [0.717, 1.165) is 50.1 Å². The highest BCUT2D eigenvalue weighted by atomic mass is 16.5. The number of likely N-dealkylation sites (tertiary alicyclic amines) is 1. The maximum absolute atomic E-state index is 5.54. The van der Waals surface area contributed by atoms with Crippen LogP contribution in [0.2, 0.25) is 0 Å². The second-order valence-electron chi connectivity index (χ2n) is 8.18. The fourth-order valence-corrected chi connectivity index (χ4v) is 4.26. The first-order valence-electron chi connectivity index (χ1n) is 10.9. The summed E-state index contributed by atoms with van der Waals surface area (Å²) in [6.07, 6.45) is 3.76. The zero-order valence-electron chi connectivity index (χ0n) is 18.3. The maximum Gasteiger partial charge on any atom is 0.119 e. The smallest absolute Gasteiger partial charge is 0.119 e. The number of rotatable bonds is 10. The highest BCUT2D eigenvalue weighted by Crippen LogP contribution is 2.20. The molecule has 4 heteroatoms. The van der Waals surface area contributed by atoms with Gasteiger partial charge in [0.15, 0.2) is 0 Å². The van der Waals surface area contributed by atoms with Gasteiger partial charge >= 0.3 is 0 Å². The Balaban J connectivity index is 1.42. The van der Waals surface area contributed by atoms with Gasteiger partial charge in [-0.3, -0.25) is 0 Å². The van der Waals surface area contributed by atoms with Crippen molar-refractivity contribution >= 4 is 0 Å². The van der Waals surface area contributed by atoms with E-state index in [1.165, 1.54) is 37.1 Å². The fraction of sp³-hybridized carbons (Fsp3) is 0.520. The summed E-state index contributed by atoms with van der Waals surface area (Å²) in [5.74, 6) is 2.65. The number of ether oxygens (including phenoxy) is 2. The standard InChI is InChI=1S/C25H36N2O2/c1-4-29-25-13-9-22(10-14-25)18-26(2)19-23-6-5-16-27(20-23)17-15-21-7-11-24(28-3)12-8-21/h7-14,23H,4-6,15-20H2,1-3H3/t23-/m1/s1. The van der Waals surface area contributed by atoms with Gasteiger partial charge in [-0.1, -0.05) is 24.3 Å². The van der Waals surface area contributed by atoms with Crippen molar-refractivity contribution in [1.29, 1.82) is 0 Å². The van der Waals surface area contributed by atoms with Crippen LogP contribution in [-0.4, -0.2) is 56.7 Å². The monoisotopic (exact) mass is 396 g/mol. The number of hydrogen-bond donors (Lipinski definition) is 0. The Hall–Kier alpha value is -2.04. The molecular formula is C25H36N2O2. The van der Waals surface area contributed by atoms with Gasteiger partial charge < -0.3 is 19.3 Å². The summed E-state index contributed by atoms with van der Waals surface area (Å²) in [5.41, 5.74) is 2.74. The molecule has 29 heavy (non-hydrogen) atoms. The number of nitrogens with zero attached hydrogens (tertiary/aromatic N) is 2. The van der Waals surface area contributed by atoms with Gasteiger partial charge in [0.2, 0.25) is 0 Å². The Morgan fingerprint density at radius 2 is 1.69 bits per heavy atom. The number of methoxy groups -OCH3 is 1. The molecule has 0 aromatic heterocycles. The molecule has 0 saturated carbocycles. The molecular weight excluding hydrogens is 360 g/mol. The largest absolute Gasteiger partial charge is 0.497 e. The van der Waals surface area contributed by atoms with Gasteiger partial charge in [0.1, 0.15) is 11.5 Å². The lowest BCUT2D eigenvalue weighted by Crippen LogP contribution is -2.40. The van der Waals surface area contributed by atoms with Crippen LogP contribution in [0.25, 0.3) is 0 Å². The van der Waals surface area contributed by atoms with Gasteiger partial charge in [-0.25, -0.2) is 0 Å². The second kappa shape index (κ2) is 11.2. The van der Waals surface area contributed by atoms with E-state index in [1.54, 1.807) is 7.11 Å². The van der Waals surface area contributed by atoms with E-state index >= 15 is 0 Å². The third-order valence-corrected chi connectivity index (χ3v) is 5.74. The molecule has 3 rings (SSSR count). The molecule has 1 aliphatic heterocycles. The molecule has 0 amide bonds. The van der Waals surface area contributed by atoms with E-state index in [0.29, 0.717) is 0 Å². The molecule has 1 aliphatic rings. The van der Waals surface area contributed by atoms with Crippen LogP contribution in [0.15, 0.2) is 48.5 Å². The van der Waals surface area contributed by atoms with Crippen molar-refractivity contribution in [2.45, 2.75) is 32.7 Å². The summed E-state index contributed by atoms with van der Waals surface area (Å²) >= 11 is 0. The van der Waals surface area contributed by atoms with Crippen molar-refractivity contribution in [1.82, 2.24) is 9.80 Å². The topological polar surface area (TPSA) is 24.9 Å². The second-order valence-corrected chi connectivity index (χ2v) is 8.18. The van der Waals surface area contributed by atoms with Crippen molar-refractivity contribution in [2.75, 3.05) is 46.9 Å². The van der Waals surface area contributed by atoms with Crippen molar-refractivity contribution in [2.24, 2.45) is 5.92 Å². The van der Waals surface area contributed by atoms with Crippen molar-refractivity contribution < 1.29 is 9.47 Å². The molecule has 1 fully saturated rings. The minimum Gasteiger partial charge on any atom is -0.497 e. The van der Waals surface area contributed by atoms with Crippen molar-refractivity contribution in [3.05, 3.63) is 59.7 Å². The van der Waals surface area contributed by atoms with E-state index in [4.69, 9.17) is 9.47 Å². The summed E-state index contributed by atoms with van der Waals surface area (Å²) in [6.45, 7) is 8.48. The molecule has 0 unspecified atom stereocenters. The first-order chi connectivity index (χ1) is 14.2. The summed E-state index contributed by atoms with van der Waals surface area (Å²) in [6, 6.07) is 17.0. The van der Waals surface area contributed by atoms with Gasteiger partial charge in [0.25, 0.3) is 0 Å². The molecule has 2 aromatic rings. The van der Waals surface area contributed by atoms with Crippen molar-refractivity contribution in [3.63, 3.8) is 0 Å². The minimum atomic E-state index is 0.718. The quantitative estimate of drug-likeness (QED) is 0.591. The number of piperidine rings is 1. The average Bonchev–Trinajstić information content (AvgIpc) is 2.74. The van der Waals surface area contributed by atoms with Crippen LogP contribution >= 0.6 is 0 Å². The van der Waals surface area contributed by atoms with Gasteiger partial charge in [-0.05, 0) is 81.1 Å². The van der Waals surface area contributed by atoms with Crippen LogP contribution in [0.1, 0.15) is 30.9 Å². The first kappa shape index (κ1) is 21.7. The van der Waals surface area contributed by atoms with Crippen LogP contribution < -0.4 is 9.47 Å². The molecule has 1 heterocycles. The molecule has 4 nitrogen and oxygen atoms in total. The molecule has 0 aliphatic carbocycles. The van der Waals surface area contributed by atoms with Gasteiger partial charge in [0.05, 0.1) is 13.7 Å². The third-order valence-electron chi connectivity index (χ3n) is 5.74. The van der Waals surface area contributed by atoms with Crippen LogP contribution in [0, 0.1) is 5.92 Å².